The van der Waals surface area contributed by atoms with Crippen LogP contribution in [0.3, 0.4) is 0 Å². The molecule has 0 bridgehead atoms. The van der Waals surface area contributed by atoms with Crippen LogP contribution in [-0.4, -0.2) is 27.8 Å². The Morgan fingerprint density at radius 2 is 2.07 bits per heavy atom. The van der Waals surface area contributed by atoms with E-state index >= 15 is 0 Å². The molecule has 0 aromatic rings. The molecular formula is C11H18N2O2. The molecule has 2 aliphatic heterocycles. The molecule has 2 heterocycles. The molecule has 1 N–H and O–H groups in total. The zero-order valence-electron chi connectivity index (χ0n) is 9.76. The van der Waals surface area contributed by atoms with E-state index in [-0.39, 0.29) is 22.8 Å². The fourth-order valence-corrected chi connectivity index (χ4v) is 3.89. The Kier molecular flexibility index (Phi) is 1.37. The van der Waals surface area contributed by atoms with Gasteiger partial charge in [0.2, 0.25) is 0 Å². The van der Waals surface area contributed by atoms with Gasteiger partial charge in [0.15, 0.2) is 0 Å². The van der Waals surface area contributed by atoms with Crippen molar-refractivity contribution >= 4 is 6.09 Å². The largest absolute Gasteiger partial charge is 0.440 e. The van der Waals surface area contributed by atoms with Crippen LogP contribution in [-0.2, 0) is 4.74 Å². The van der Waals surface area contributed by atoms with Crippen LogP contribution in [0.25, 0.3) is 0 Å². The summed E-state index contributed by atoms with van der Waals surface area (Å²) in [5.74, 6) is 0.474. The predicted octanol–water partition coefficient (Wildman–Crippen LogP) is 1.66. The average Bonchev–Trinajstić information content (AvgIpc) is 2.54. The van der Waals surface area contributed by atoms with Crippen LogP contribution in [0, 0.1) is 5.92 Å². The summed E-state index contributed by atoms with van der Waals surface area (Å²) in [7, 11) is 0. The number of hydrogen-bond acceptors (Lipinski definition) is 3. The van der Waals surface area contributed by atoms with Crippen molar-refractivity contribution in [1.29, 1.82) is 0 Å². The Hall–Kier alpha value is -0.770. The van der Waals surface area contributed by atoms with E-state index in [9.17, 15) is 4.79 Å². The molecule has 4 heteroatoms. The van der Waals surface area contributed by atoms with Crippen molar-refractivity contribution in [1.82, 2.24) is 10.4 Å². The Bertz CT molecular complexity index is 354. The monoisotopic (exact) mass is 210 g/mol. The second-order valence-corrected chi connectivity index (χ2v) is 6.01. The molecule has 0 aromatic heterocycles. The minimum Gasteiger partial charge on any atom is -0.440 e. The van der Waals surface area contributed by atoms with E-state index in [1.807, 2.05) is 0 Å². The standard InChI is InChI=1S/C11H18N2O2/c1-9(2)7-5-6-10(3)11(7,4)13(12-9)8(14)15-10/h7,12H,5-6H2,1-4H3/t7-,10+,11-/m0/s1. The molecule has 3 rings (SSSR count). The fraction of sp³-hybridized carbons (Fsp3) is 0.909. The zero-order valence-corrected chi connectivity index (χ0v) is 9.76. The summed E-state index contributed by atoms with van der Waals surface area (Å²) in [4.78, 5) is 11.8. The van der Waals surface area contributed by atoms with Crippen LogP contribution in [0.4, 0.5) is 4.79 Å². The van der Waals surface area contributed by atoms with Crippen LogP contribution in [0.15, 0.2) is 0 Å². The maximum Gasteiger partial charge on any atom is 0.425 e. The Morgan fingerprint density at radius 1 is 1.40 bits per heavy atom. The van der Waals surface area contributed by atoms with E-state index < -0.39 is 0 Å². The summed E-state index contributed by atoms with van der Waals surface area (Å²) < 4.78 is 5.53. The molecule has 3 aliphatic rings. The van der Waals surface area contributed by atoms with Crippen LogP contribution in [0.2, 0.25) is 0 Å². The SMILES string of the molecule is CC1(C)NN2C(=O)O[C@]3(C)CC[C@@H]1[C@]23C. The third-order valence-corrected chi connectivity index (χ3v) is 4.89. The molecule has 0 unspecified atom stereocenters. The lowest BCUT2D eigenvalue weighted by atomic mass is 9.74. The van der Waals surface area contributed by atoms with E-state index in [1.54, 1.807) is 5.01 Å². The summed E-state index contributed by atoms with van der Waals surface area (Å²) in [6.45, 7) is 8.55. The van der Waals surface area contributed by atoms with Crippen LogP contribution >= 0.6 is 0 Å². The summed E-state index contributed by atoms with van der Waals surface area (Å²) in [6.07, 6.45) is 1.88. The zero-order chi connectivity index (χ0) is 11.1. The van der Waals surface area contributed by atoms with Crippen LogP contribution in [0.5, 0.6) is 0 Å². The van der Waals surface area contributed by atoms with Crippen molar-refractivity contribution in [3.63, 3.8) is 0 Å². The van der Waals surface area contributed by atoms with Gasteiger partial charge in [-0.05, 0) is 40.5 Å². The van der Waals surface area contributed by atoms with Crippen molar-refractivity contribution in [3.05, 3.63) is 0 Å². The number of nitrogens with zero attached hydrogens (tertiary/aromatic N) is 1. The van der Waals surface area contributed by atoms with Gasteiger partial charge in [0.05, 0.1) is 0 Å². The van der Waals surface area contributed by atoms with E-state index in [0.717, 1.165) is 12.8 Å². The van der Waals surface area contributed by atoms with Gasteiger partial charge in [-0.2, -0.15) is 0 Å². The summed E-state index contributed by atoms with van der Waals surface area (Å²) in [5.41, 5.74) is 2.81. The minimum atomic E-state index is -0.310. The van der Waals surface area contributed by atoms with Crippen molar-refractivity contribution < 1.29 is 9.53 Å². The topological polar surface area (TPSA) is 41.6 Å². The molecular weight excluding hydrogens is 192 g/mol. The molecule has 84 valence electrons. The Labute approximate surface area is 89.9 Å². The minimum absolute atomic E-state index is 0.00799. The third kappa shape index (κ3) is 0.781. The van der Waals surface area contributed by atoms with Gasteiger partial charge in [-0.15, -0.1) is 0 Å². The highest BCUT2D eigenvalue weighted by molar-refractivity contribution is 5.73. The molecule has 0 radical (unpaired) electrons. The first-order chi connectivity index (χ1) is 6.81. The lowest BCUT2D eigenvalue weighted by Crippen LogP contribution is -2.52. The number of nitrogens with one attached hydrogen (secondary N) is 1. The van der Waals surface area contributed by atoms with Crippen LogP contribution in [0.1, 0.15) is 40.5 Å². The number of hydrogen-bond donors (Lipinski definition) is 1. The molecule has 3 atom stereocenters. The third-order valence-electron chi connectivity index (χ3n) is 4.89. The highest BCUT2D eigenvalue weighted by Crippen LogP contribution is 2.59. The van der Waals surface area contributed by atoms with E-state index in [2.05, 4.69) is 33.1 Å². The second-order valence-electron chi connectivity index (χ2n) is 6.01. The second kappa shape index (κ2) is 2.17. The molecule has 0 spiro atoms. The lowest BCUT2D eigenvalue weighted by Gasteiger charge is -2.34. The van der Waals surface area contributed by atoms with Gasteiger partial charge in [0, 0.05) is 11.5 Å². The molecule has 2 saturated heterocycles. The molecule has 1 amide bonds. The van der Waals surface area contributed by atoms with Gasteiger partial charge in [-0.25, -0.2) is 15.2 Å². The van der Waals surface area contributed by atoms with E-state index in [1.165, 1.54) is 0 Å². The number of ether oxygens (including phenoxy) is 1. The van der Waals surface area contributed by atoms with Gasteiger partial charge in [0.1, 0.15) is 11.1 Å². The summed E-state index contributed by atoms with van der Waals surface area (Å²) >= 11 is 0. The molecule has 0 aromatic carbocycles. The first kappa shape index (κ1) is 9.46. The van der Waals surface area contributed by atoms with Crippen molar-refractivity contribution in [2.45, 2.75) is 57.2 Å². The van der Waals surface area contributed by atoms with Gasteiger partial charge in [0.25, 0.3) is 0 Å². The molecule has 3 fully saturated rings. The van der Waals surface area contributed by atoms with Crippen molar-refractivity contribution in [2.75, 3.05) is 0 Å². The number of carbonyl (C=O) groups excluding carboxylic acids is 1. The van der Waals surface area contributed by atoms with Gasteiger partial charge in [-0.3, -0.25) is 0 Å². The number of amides is 1. The highest BCUT2D eigenvalue weighted by atomic mass is 16.6. The van der Waals surface area contributed by atoms with Crippen molar-refractivity contribution in [3.8, 4) is 0 Å². The smallest absolute Gasteiger partial charge is 0.425 e. The van der Waals surface area contributed by atoms with Crippen LogP contribution < -0.4 is 5.43 Å². The average molecular weight is 210 g/mol. The first-order valence-electron chi connectivity index (χ1n) is 5.62. The summed E-state index contributed by atoms with van der Waals surface area (Å²) in [6, 6.07) is 0. The first-order valence-corrected chi connectivity index (χ1v) is 5.62. The number of rotatable bonds is 0. The molecule has 1 aliphatic carbocycles. The quantitative estimate of drug-likeness (QED) is 0.661. The number of carbonyl (C=O) groups is 1. The summed E-state index contributed by atoms with van der Waals surface area (Å²) in [5, 5.41) is 1.73. The van der Waals surface area contributed by atoms with E-state index in [4.69, 9.17) is 4.74 Å². The van der Waals surface area contributed by atoms with Crippen molar-refractivity contribution in [2.24, 2.45) is 5.92 Å². The number of hydrazine groups is 1. The molecule has 4 nitrogen and oxygen atoms in total. The Morgan fingerprint density at radius 3 is 2.73 bits per heavy atom. The van der Waals surface area contributed by atoms with E-state index in [0.29, 0.717) is 5.92 Å². The normalized spacial score (nSPS) is 50.8. The Balaban J connectivity index is 2.16. The predicted molar refractivity (Wildman–Crippen MR) is 55.1 cm³/mol. The maximum atomic E-state index is 11.8. The maximum absolute atomic E-state index is 11.8. The van der Waals surface area contributed by atoms with Gasteiger partial charge < -0.3 is 4.74 Å². The van der Waals surface area contributed by atoms with Gasteiger partial charge in [-0.1, -0.05) is 0 Å². The molecule has 1 saturated carbocycles. The molecule has 15 heavy (non-hydrogen) atoms. The highest BCUT2D eigenvalue weighted by Gasteiger charge is 2.73. The fourth-order valence-electron chi connectivity index (χ4n) is 3.89. The van der Waals surface area contributed by atoms with Gasteiger partial charge >= 0.3 is 6.09 Å². The lowest BCUT2D eigenvalue weighted by molar-refractivity contribution is 0.0267.